The van der Waals surface area contributed by atoms with Crippen molar-refractivity contribution in [1.82, 2.24) is 19.7 Å². The van der Waals surface area contributed by atoms with E-state index in [-0.39, 0.29) is 11.7 Å². The monoisotopic (exact) mass is 499 g/mol. The Balaban J connectivity index is 1.41. The van der Waals surface area contributed by atoms with E-state index in [2.05, 4.69) is 20.5 Å². The molecule has 2 aromatic heterocycles. The van der Waals surface area contributed by atoms with Gasteiger partial charge in [-0.05, 0) is 61.5 Å². The van der Waals surface area contributed by atoms with Gasteiger partial charge in [0.1, 0.15) is 11.5 Å². The number of benzene rings is 3. The minimum Gasteiger partial charge on any atom is -0.497 e. The number of methoxy groups -OCH3 is 1. The van der Waals surface area contributed by atoms with Crippen LogP contribution in [0.5, 0.6) is 11.5 Å². The molecule has 0 saturated heterocycles. The molecule has 9 heteroatoms. The number of nitrogens with one attached hydrogen (secondary N) is 2. The maximum Gasteiger partial charge on any atom is 0.234 e. The summed E-state index contributed by atoms with van der Waals surface area (Å²) in [7, 11) is 1.63. The molecule has 0 aliphatic rings. The summed E-state index contributed by atoms with van der Waals surface area (Å²) in [5.74, 6) is 2.25. The van der Waals surface area contributed by atoms with E-state index < -0.39 is 0 Å². The van der Waals surface area contributed by atoms with Crippen LogP contribution in [-0.4, -0.2) is 45.1 Å². The SMILES string of the molecule is CCOc1ccc(NC(=O)CSc2nnc(-c3c[nH]c4ccccc34)n2-c2ccc(OC)cc2)cc1. The molecular formula is C27H25N5O3S. The Morgan fingerprint density at radius 3 is 2.50 bits per heavy atom. The number of hydrogen-bond donors (Lipinski definition) is 2. The summed E-state index contributed by atoms with van der Waals surface area (Å²) in [5, 5.41) is 13.5. The lowest BCUT2D eigenvalue weighted by Gasteiger charge is -2.11. The van der Waals surface area contributed by atoms with Gasteiger partial charge in [-0.1, -0.05) is 30.0 Å². The number of fused-ring (bicyclic) bond motifs is 1. The Kier molecular flexibility index (Phi) is 6.90. The fourth-order valence-corrected chi connectivity index (χ4v) is 4.64. The average molecular weight is 500 g/mol. The molecule has 1 amide bonds. The lowest BCUT2D eigenvalue weighted by Crippen LogP contribution is -2.14. The zero-order valence-electron chi connectivity index (χ0n) is 19.9. The fraction of sp³-hybridized carbons (Fsp3) is 0.148. The highest BCUT2D eigenvalue weighted by Gasteiger charge is 2.20. The summed E-state index contributed by atoms with van der Waals surface area (Å²) in [6.45, 7) is 2.53. The Labute approximate surface area is 212 Å². The highest BCUT2D eigenvalue weighted by atomic mass is 32.2. The van der Waals surface area contributed by atoms with Crippen LogP contribution in [0.3, 0.4) is 0 Å². The van der Waals surface area contributed by atoms with E-state index in [0.29, 0.717) is 23.3 Å². The molecule has 5 rings (SSSR count). The number of aromatic nitrogens is 4. The first-order chi connectivity index (χ1) is 17.7. The van der Waals surface area contributed by atoms with Gasteiger partial charge in [0.15, 0.2) is 11.0 Å². The number of ether oxygens (including phenoxy) is 2. The van der Waals surface area contributed by atoms with E-state index in [1.165, 1.54) is 11.8 Å². The van der Waals surface area contributed by atoms with E-state index in [0.717, 1.165) is 33.7 Å². The number of rotatable bonds is 9. The van der Waals surface area contributed by atoms with Gasteiger partial charge in [-0.15, -0.1) is 10.2 Å². The largest absolute Gasteiger partial charge is 0.497 e. The fourth-order valence-electron chi connectivity index (χ4n) is 3.89. The number of H-pyrrole nitrogens is 1. The molecule has 0 fully saturated rings. The van der Waals surface area contributed by atoms with Crippen LogP contribution in [0.25, 0.3) is 28.0 Å². The summed E-state index contributed by atoms with van der Waals surface area (Å²) in [4.78, 5) is 16.0. The molecule has 182 valence electrons. The third-order valence-electron chi connectivity index (χ3n) is 5.58. The van der Waals surface area contributed by atoms with Crippen molar-refractivity contribution in [3.63, 3.8) is 0 Å². The van der Waals surface area contributed by atoms with Crippen molar-refractivity contribution in [2.24, 2.45) is 0 Å². The number of anilines is 1. The van der Waals surface area contributed by atoms with E-state index in [9.17, 15) is 4.79 Å². The van der Waals surface area contributed by atoms with Gasteiger partial charge in [-0.2, -0.15) is 0 Å². The zero-order valence-corrected chi connectivity index (χ0v) is 20.7. The highest BCUT2D eigenvalue weighted by molar-refractivity contribution is 7.99. The second-order valence-electron chi connectivity index (χ2n) is 7.88. The predicted octanol–water partition coefficient (Wildman–Crippen LogP) is 5.55. The zero-order chi connectivity index (χ0) is 24.9. The molecule has 0 aliphatic heterocycles. The quantitative estimate of drug-likeness (QED) is 0.258. The number of carbonyl (C=O) groups excluding carboxylic acids is 1. The van der Waals surface area contributed by atoms with E-state index >= 15 is 0 Å². The van der Waals surface area contributed by atoms with Crippen LogP contribution in [0.1, 0.15) is 6.92 Å². The highest BCUT2D eigenvalue weighted by Crippen LogP contribution is 2.33. The van der Waals surface area contributed by atoms with E-state index in [1.807, 2.05) is 90.5 Å². The van der Waals surface area contributed by atoms with Crippen molar-refractivity contribution in [2.45, 2.75) is 12.1 Å². The van der Waals surface area contributed by atoms with Gasteiger partial charge in [-0.3, -0.25) is 9.36 Å². The molecule has 8 nitrogen and oxygen atoms in total. The number of thioether (sulfide) groups is 1. The van der Waals surface area contributed by atoms with Crippen molar-refractivity contribution in [2.75, 3.05) is 24.8 Å². The van der Waals surface area contributed by atoms with Crippen LogP contribution in [0.4, 0.5) is 5.69 Å². The van der Waals surface area contributed by atoms with Crippen LogP contribution in [0, 0.1) is 0 Å². The predicted molar refractivity (Wildman–Crippen MR) is 142 cm³/mol. The molecule has 36 heavy (non-hydrogen) atoms. The number of nitrogens with zero attached hydrogens (tertiary/aromatic N) is 3. The minimum absolute atomic E-state index is 0.137. The molecule has 0 atom stereocenters. The third kappa shape index (κ3) is 4.92. The second kappa shape index (κ2) is 10.6. The molecule has 0 spiro atoms. The standard InChI is InChI=1S/C27H25N5O3S/c1-3-35-21-12-8-18(9-13-21)29-25(33)17-36-27-31-30-26(23-16-28-24-7-5-4-6-22(23)24)32(27)19-10-14-20(34-2)15-11-19/h4-16,28H,3,17H2,1-2H3,(H,29,33). The lowest BCUT2D eigenvalue weighted by atomic mass is 10.1. The Bertz CT molecular complexity index is 1480. The van der Waals surface area contributed by atoms with Gasteiger partial charge in [0.2, 0.25) is 5.91 Å². The Morgan fingerprint density at radius 2 is 1.75 bits per heavy atom. The number of carbonyl (C=O) groups is 1. The Hall–Kier alpha value is -4.24. The van der Waals surface area contributed by atoms with Gasteiger partial charge < -0.3 is 19.8 Å². The van der Waals surface area contributed by atoms with Crippen LogP contribution in [0.2, 0.25) is 0 Å². The van der Waals surface area contributed by atoms with Crippen LogP contribution in [0.15, 0.2) is 84.1 Å². The van der Waals surface area contributed by atoms with Crippen LogP contribution in [-0.2, 0) is 4.79 Å². The summed E-state index contributed by atoms with van der Waals surface area (Å²) < 4.78 is 12.7. The summed E-state index contributed by atoms with van der Waals surface area (Å²) >= 11 is 1.33. The van der Waals surface area contributed by atoms with Gasteiger partial charge in [-0.25, -0.2) is 0 Å². The number of aromatic amines is 1. The first-order valence-corrected chi connectivity index (χ1v) is 12.5. The van der Waals surface area contributed by atoms with Gasteiger partial charge in [0, 0.05) is 34.0 Å². The van der Waals surface area contributed by atoms with E-state index in [1.54, 1.807) is 7.11 Å². The smallest absolute Gasteiger partial charge is 0.234 e. The molecule has 2 N–H and O–H groups in total. The number of hydrogen-bond acceptors (Lipinski definition) is 6. The maximum absolute atomic E-state index is 12.7. The van der Waals surface area contributed by atoms with Gasteiger partial charge >= 0.3 is 0 Å². The molecule has 0 saturated carbocycles. The van der Waals surface area contributed by atoms with Crippen molar-refractivity contribution >= 4 is 34.3 Å². The molecule has 0 unspecified atom stereocenters. The third-order valence-corrected chi connectivity index (χ3v) is 6.50. The van der Waals surface area contributed by atoms with Crippen LogP contribution >= 0.6 is 11.8 Å². The summed E-state index contributed by atoms with van der Waals surface area (Å²) in [6, 6.07) is 23.0. The normalized spacial score (nSPS) is 10.9. The first-order valence-electron chi connectivity index (χ1n) is 11.5. The summed E-state index contributed by atoms with van der Waals surface area (Å²) in [5.41, 5.74) is 3.52. The lowest BCUT2D eigenvalue weighted by molar-refractivity contribution is -0.113. The molecule has 0 radical (unpaired) electrons. The number of amides is 1. The van der Waals surface area contributed by atoms with Crippen molar-refractivity contribution in [3.8, 4) is 28.6 Å². The van der Waals surface area contributed by atoms with Crippen molar-refractivity contribution < 1.29 is 14.3 Å². The first kappa shape index (κ1) is 23.5. The van der Waals surface area contributed by atoms with Crippen LogP contribution < -0.4 is 14.8 Å². The molecule has 0 aliphatic carbocycles. The minimum atomic E-state index is -0.137. The Morgan fingerprint density at radius 1 is 1.00 bits per heavy atom. The second-order valence-corrected chi connectivity index (χ2v) is 8.82. The number of para-hydroxylation sites is 1. The van der Waals surface area contributed by atoms with Gasteiger partial charge in [0.25, 0.3) is 0 Å². The maximum atomic E-state index is 12.7. The average Bonchev–Trinajstić information content (AvgIpc) is 3.53. The van der Waals surface area contributed by atoms with E-state index in [4.69, 9.17) is 9.47 Å². The molecule has 3 aromatic carbocycles. The molecule has 0 bridgehead atoms. The van der Waals surface area contributed by atoms with Gasteiger partial charge in [0.05, 0.1) is 19.5 Å². The summed E-state index contributed by atoms with van der Waals surface area (Å²) in [6.07, 6.45) is 1.93. The molecular weight excluding hydrogens is 474 g/mol. The topological polar surface area (TPSA) is 94.1 Å². The van der Waals surface area contributed by atoms with Crippen molar-refractivity contribution in [1.29, 1.82) is 0 Å². The molecule has 5 aromatic rings. The van der Waals surface area contributed by atoms with Crippen molar-refractivity contribution in [3.05, 3.63) is 79.0 Å². The molecule has 2 heterocycles.